The average molecular weight is 363 g/mol. The maximum atomic E-state index is 12.4. The Kier molecular flexibility index (Phi) is 6.25. The van der Waals surface area contributed by atoms with Gasteiger partial charge in [-0.2, -0.15) is 0 Å². The van der Waals surface area contributed by atoms with E-state index >= 15 is 0 Å². The van der Waals surface area contributed by atoms with Crippen LogP contribution in [0, 0.1) is 0 Å². The fourth-order valence-corrected chi connectivity index (χ4v) is 2.38. The van der Waals surface area contributed by atoms with Crippen LogP contribution in [0.3, 0.4) is 0 Å². The predicted molar refractivity (Wildman–Crippen MR) is 96.5 cm³/mol. The van der Waals surface area contributed by atoms with Crippen LogP contribution >= 0.6 is 11.6 Å². The highest BCUT2D eigenvalue weighted by Gasteiger charge is 2.13. The molecule has 2 aromatic carbocycles. The van der Waals surface area contributed by atoms with Crippen molar-refractivity contribution in [3.63, 3.8) is 0 Å². The van der Waals surface area contributed by atoms with Crippen molar-refractivity contribution >= 4 is 29.1 Å². The minimum Gasteiger partial charge on any atom is -0.495 e. The summed E-state index contributed by atoms with van der Waals surface area (Å²) in [6.07, 6.45) is 0. The number of ether oxygens (including phenoxy) is 2. The van der Waals surface area contributed by atoms with E-state index in [-0.39, 0.29) is 11.8 Å². The Hall–Kier alpha value is -2.73. The van der Waals surface area contributed by atoms with Crippen molar-refractivity contribution in [3.05, 3.63) is 52.5 Å². The van der Waals surface area contributed by atoms with Gasteiger partial charge in [0.05, 0.1) is 24.9 Å². The Balaban J connectivity index is 2.15. The van der Waals surface area contributed by atoms with Crippen LogP contribution in [0.15, 0.2) is 36.4 Å². The number of amides is 2. The van der Waals surface area contributed by atoms with E-state index in [9.17, 15) is 9.59 Å². The van der Waals surface area contributed by atoms with E-state index < -0.39 is 0 Å². The lowest BCUT2D eigenvalue weighted by Crippen LogP contribution is -2.19. The normalized spacial score (nSPS) is 10.1. The Labute approximate surface area is 151 Å². The standard InChI is InChI=1S/C18H19ClN2O4/c1-11(22)20-10-12-4-6-13(7-5-12)18(23)21-15-9-16(24-2)14(19)8-17(15)25-3/h4-9H,10H2,1-3H3,(H,20,22)(H,21,23). The molecule has 0 atom stereocenters. The molecule has 0 aliphatic carbocycles. The summed E-state index contributed by atoms with van der Waals surface area (Å²) in [5, 5.41) is 5.87. The molecule has 0 fully saturated rings. The summed E-state index contributed by atoms with van der Waals surface area (Å²) >= 11 is 6.06. The summed E-state index contributed by atoms with van der Waals surface area (Å²) in [4.78, 5) is 23.4. The van der Waals surface area contributed by atoms with Crippen LogP contribution in [0.2, 0.25) is 5.02 Å². The monoisotopic (exact) mass is 362 g/mol. The van der Waals surface area contributed by atoms with Gasteiger partial charge in [0.25, 0.3) is 5.91 Å². The molecule has 25 heavy (non-hydrogen) atoms. The van der Waals surface area contributed by atoms with E-state index in [0.29, 0.717) is 34.3 Å². The van der Waals surface area contributed by atoms with Crippen molar-refractivity contribution in [1.29, 1.82) is 0 Å². The Morgan fingerprint density at radius 3 is 2.24 bits per heavy atom. The summed E-state index contributed by atoms with van der Waals surface area (Å²) in [6, 6.07) is 10.1. The third-order valence-corrected chi connectivity index (χ3v) is 3.78. The lowest BCUT2D eigenvalue weighted by Gasteiger charge is -2.13. The Bertz CT molecular complexity index is 775. The first-order valence-electron chi connectivity index (χ1n) is 7.51. The van der Waals surface area contributed by atoms with Gasteiger partial charge in [-0.15, -0.1) is 0 Å². The van der Waals surface area contributed by atoms with Crippen molar-refractivity contribution in [2.75, 3.05) is 19.5 Å². The lowest BCUT2D eigenvalue weighted by molar-refractivity contribution is -0.119. The zero-order chi connectivity index (χ0) is 18.4. The largest absolute Gasteiger partial charge is 0.495 e. The van der Waals surface area contributed by atoms with Crippen molar-refractivity contribution in [3.8, 4) is 11.5 Å². The molecule has 0 aliphatic heterocycles. The van der Waals surface area contributed by atoms with Crippen LogP contribution in [0.1, 0.15) is 22.8 Å². The number of carbonyl (C=O) groups excluding carboxylic acids is 2. The third kappa shape index (κ3) is 4.87. The number of benzene rings is 2. The van der Waals surface area contributed by atoms with Gasteiger partial charge in [0, 0.05) is 31.2 Å². The first-order chi connectivity index (χ1) is 11.9. The molecule has 0 unspecified atom stereocenters. The molecule has 0 aromatic heterocycles. The molecule has 0 saturated heterocycles. The third-order valence-electron chi connectivity index (χ3n) is 3.48. The second-order valence-electron chi connectivity index (χ2n) is 5.25. The molecule has 2 aromatic rings. The van der Waals surface area contributed by atoms with Gasteiger partial charge in [0.2, 0.25) is 5.91 Å². The Morgan fingerprint density at radius 2 is 1.68 bits per heavy atom. The molecular weight excluding hydrogens is 344 g/mol. The van der Waals surface area contributed by atoms with Gasteiger partial charge < -0.3 is 20.1 Å². The van der Waals surface area contributed by atoms with Crippen LogP contribution < -0.4 is 20.1 Å². The molecular formula is C18H19ClN2O4. The first-order valence-corrected chi connectivity index (χ1v) is 7.88. The van der Waals surface area contributed by atoms with E-state index in [1.807, 2.05) is 0 Å². The minimum atomic E-state index is -0.297. The number of methoxy groups -OCH3 is 2. The van der Waals surface area contributed by atoms with Gasteiger partial charge in [-0.3, -0.25) is 9.59 Å². The smallest absolute Gasteiger partial charge is 0.255 e. The zero-order valence-electron chi connectivity index (χ0n) is 14.2. The number of rotatable bonds is 6. The molecule has 0 aliphatic rings. The molecule has 7 heteroatoms. The maximum Gasteiger partial charge on any atom is 0.255 e. The highest BCUT2D eigenvalue weighted by Crippen LogP contribution is 2.36. The van der Waals surface area contributed by atoms with E-state index in [4.69, 9.17) is 21.1 Å². The molecule has 0 heterocycles. The van der Waals surface area contributed by atoms with Gasteiger partial charge in [0.15, 0.2) is 0 Å². The lowest BCUT2D eigenvalue weighted by atomic mass is 10.1. The number of carbonyl (C=O) groups is 2. The van der Waals surface area contributed by atoms with Crippen molar-refractivity contribution in [1.82, 2.24) is 5.32 Å². The van der Waals surface area contributed by atoms with Crippen molar-refractivity contribution in [2.24, 2.45) is 0 Å². The van der Waals surface area contributed by atoms with Gasteiger partial charge in [-0.25, -0.2) is 0 Å². The van der Waals surface area contributed by atoms with E-state index in [2.05, 4.69) is 10.6 Å². The van der Waals surface area contributed by atoms with Gasteiger partial charge >= 0.3 is 0 Å². The van der Waals surface area contributed by atoms with Crippen LogP contribution in [-0.4, -0.2) is 26.0 Å². The van der Waals surface area contributed by atoms with Crippen LogP contribution in [-0.2, 0) is 11.3 Å². The minimum absolute atomic E-state index is 0.106. The van der Waals surface area contributed by atoms with Crippen molar-refractivity contribution in [2.45, 2.75) is 13.5 Å². The quantitative estimate of drug-likeness (QED) is 0.827. The van der Waals surface area contributed by atoms with Crippen LogP contribution in [0.5, 0.6) is 11.5 Å². The number of halogens is 1. The molecule has 2 N–H and O–H groups in total. The number of hydrogen-bond acceptors (Lipinski definition) is 4. The second kappa shape index (κ2) is 8.39. The van der Waals surface area contributed by atoms with E-state index in [1.54, 1.807) is 36.4 Å². The SMILES string of the molecule is COc1cc(NC(=O)c2ccc(CNC(C)=O)cc2)c(OC)cc1Cl. The van der Waals surface area contributed by atoms with Gasteiger partial charge in [-0.1, -0.05) is 23.7 Å². The number of anilines is 1. The number of hydrogen-bond donors (Lipinski definition) is 2. The number of nitrogens with one attached hydrogen (secondary N) is 2. The van der Waals surface area contributed by atoms with E-state index in [1.165, 1.54) is 21.1 Å². The highest BCUT2D eigenvalue weighted by molar-refractivity contribution is 6.32. The van der Waals surface area contributed by atoms with Gasteiger partial charge in [0.1, 0.15) is 11.5 Å². The van der Waals surface area contributed by atoms with Crippen LogP contribution in [0.4, 0.5) is 5.69 Å². The van der Waals surface area contributed by atoms with Gasteiger partial charge in [-0.05, 0) is 17.7 Å². The maximum absolute atomic E-state index is 12.4. The summed E-state index contributed by atoms with van der Waals surface area (Å²) in [5.74, 6) is 0.462. The average Bonchev–Trinajstić information content (AvgIpc) is 2.61. The molecule has 0 saturated carbocycles. The molecule has 6 nitrogen and oxygen atoms in total. The fraction of sp³-hybridized carbons (Fsp3) is 0.222. The summed E-state index contributed by atoms with van der Waals surface area (Å²) in [6.45, 7) is 1.87. The topological polar surface area (TPSA) is 76.7 Å². The summed E-state index contributed by atoms with van der Waals surface area (Å²) in [7, 11) is 2.98. The Morgan fingerprint density at radius 1 is 1.04 bits per heavy atom. The second-order valence-corrected chi connectivity index (χ2v) is 5.66. The molecule has 0 radical (unpaired) electrons. The summed E-state index contributed by atoms with van der Waals surface area (Å²) in [5.41, 5.74) is 1.83. The highest BCUT2D eigenvalue weighted by atomic mass is 35.5. The molecule has 0 spiro atoms. The fourth-order valence-electron chi connectivity index (χ4n) is 2.15. The molecule has 2 rings (SSSR count). The molecule has 0 bridgehead atoms. The van der Waals surface area contributed by atoms with Crippen LogP contribution in [0.25, 0.3) is 0 Å². The predicted octanol–water partition coefficient (Wildman–Crippen LogP) is 3.25. The first kappa shape index (κ1) is 18.6. The molecule has 132 valence electrons. The van der Waals surface area contributed by atoms with E-state index in [0.717, 1.165) is 5.56 Å². The van der Waals surface area contributed by atoms with Crippen molar-refractivity contribution < 1.29 is 19.1 Å². The zero-order valence-corrected chi connectivity index (χ0v) is 14.9. The summed E-state index contributed by atoms with van der Waals surface area (Å²) < 4.78 is 10.4. The molecule has 2 amide bonds.